The SMILES string of the molecule is CCOC(=O)Cn1c2c(c3ccccc31)CC(NC(=O)O)CC2. The second-order valence-electron chi connectivity index (χ2n) is 5.72. The number of rotatable bonds is 4. The van der Waals surface area contributed by atoms with Crippen LogP contribution in [0, 0.1) is 0 Å². The number of carbonyl (C=O) groups excluding carboxylic acids is 1. The Bertz CT molecular complexity index is 750. The average Bonchev–Trinajstić information content (AvgIpc) is 2.81. The summed E-state index contributed by atoms with van der Waals surface area (Å²) >= 11 is 0. The lowest BCUT2D eigenvalue weighted by Crippen LogP contribution is -2.38. The summed E-state index contributed by atoms with van der Waals surface area (Å²) in [6.45, 7) is 2.36. The standard InChI is InChI=1S/C17H20N2O4/c1-2-23-16(20)10-19-14-6-4-3-5-12(14)13-9-11(18-17(21)22)7-8-15(13)19/h3-6,11,18H,2,7-10H2,1H3,(H,21,22). The van der Waals surface area contributed by atoms with E-state index in [0.717, 1.165) is 35.0 Å². The minimum absolute atomic E-state index is 0.0816. The number of hydrogen-bond acceptors (Lipinski definition) is 3. The van der Waals surface area contributed by atoms with Crippen molar-refractivity contribution in [3.63, 3.8) is 0 Å². The van der Waals surface area contributed by atoms with Crippen molar-refractivity contribution in [3.8, 4) is 0 Å². The minimum atomic E-state index is -0.992. The molecule has 1 amide bonds. The van der Waals surface area contributed by atoms with E-state index in [1.54, 1.807) is 6.92 Å². The van der Waals surface area contributed by atoms with E-state index in [1.807, 2.05) is 28.8 Å². The van der Waals surface area contributed by atoms with E-state index in [2.05, 4.69) is 5.32 Å². The number of ether oxygens (including phenoxy) is 1. The van der Waals surface area contributed by atoms with E-state index < -0.39 is 6.09 Å². The number of carboxylic acid groups (broad SMARTS) is 1. The lowest BCUT2D eigenvalue weighted by atomic mass is 9.91. The van der Waals surface area contributed by atoms with Crippen LogP contribution in [0.15, 0.2) is 24.3 Å². The van der Waals surface area contributed by atoms with Gasteiger partial charge in [-0.1, -0.05) is 18.2 Å². The van der Waals surface area contributed by atoms with Crippen molar-refractivity contribution < 1.29 is 19.4 Å². The van der Waals surface area contributed by atoms with E-state index in [9.17, 15) is 9.59 Å². The number of esters is 1. The summed E-state index contributed by atoms with van der Waals surface area (Å²) in [5, 5.41) is 12.6. The van der Waals surface area contributed by atoms with Crippen LogP contribution in [0.25, 0.3) is 10.9 Å². The largest absolute Gasteiger partial charge is 0.465 e. The van der Waals surface area contributed by atoms with Crippen molar-refractivity contribution in [2.75, 3.05) is 6.61 Å². The van der Waals surface area contributed by atoms with Gasteiger partial charge in [0.2, 0.25) is 0 Å². The molecule has 0 spiro atoms. The fourth-order valence-electron chi connectivity index (χ4n) is 3.42. The molecule has 0 bridgehead atoms. The van der Waals surface area contributed by atoms with Crippen molar-refractivity contribution >= 4 is 23.0 Å². The average molecular weight is 316 g/mol. The van der Waals surface area contributed by atoms with Gasteiger partial charge in [0.05, 0.1) is 6.61 Å². The van der Waals surface area contributed by atoms with Gasteiger partial charge in [0.1, 0.15) is 6.54 Å². The summed E-state index contributed by atoms with van der Waals surface area (Å²) in [6, 6.07) is 7.85. The molecular formula is C17H20N2O4. The molecule has 3 rings (SSSR count). The number of fused-ring (bicyclic) bond motifs is 3. The molecule has 23 heavy (non-hydrogen) atoms. The number of amides is 1. The molecule has 1 atom stereocenters. The highest BCUT2D eigenvalue weighted by Crippen LogP contribution is 2.32. The normalized spacial score (nSPS) is 16.8. The van der Waals surface area contributed by atoms with Crippen LogP contribution >= 0.6 is 0 Å². The van der Waals surface area contributed by atoms with Crippen molar-refractivity contribution in [2.45, 2.75) is 38.8 Å². The van der Waals surface area contributed by atoms with Gasteiger partial charge in [-0.25, -0.2) is 4.79 Å². The van der Waals surface area contributed by atoms with Gasteiger partial charge in [0.15, 0.2) is 0 Å². The number of benzene rings is 1. The number of carbonyl (C=O) groups is 2. The zero-order valence-corrected chi connectivity index (χ0v) is 13.0. The topological polar surface area (TPSA) is 80.6 Å². The van der Waals surface area contributed by atoms with Crippen molar-refractivity contribution in [3.05, 3.63) is 35.5 Å². The maximum atomic E-state index is 11.9. The molecule has 1 aliphatic rings. The first kappa shape index (κ1) is 15.4. The number of nitrogens with zero attached hydrogens (tertiary/aromatic N) is 1. The zero-order valence-electron chi connectivity index (χ0n) is 13.0. The molecule has 0 radical (unpaired) electrons. The van der Waals surface area contributed by atoms with E-state index >= 15 is 0 Å². The van der Waals surface area contributed by atoms with Crippen molar-refractivity contribution in [2.24, 2.45) is 0 Å². The first-order valence-corrected chi connectivity index (χ1v) is 7.84. The summed E-state index contributed by atoms with van der Waals surface area (Å²) in [5.41, 5.74) is 3.25. The molecular weight excluding hydrogens is 296 g/mol. The highest BCUT2D eigenvalue weighted by Gasteiger charge is 2.26. The van der Waals surface area contributed by atoms with Gasteiger partial charge < -0.3 is 19.7 Å². The monoisotopic (exact) mass is 316 g/mol. The summed E-state index contributed by atoms with van der Waals surface area (Å²) in [5.74, 6) is -0.248. The molecule has 122 valence electrons. The molecule has 1 unspecified atom stereocenters. The molecule has 1 heterocycles. The first-order chi connectivity index (χ1) is 11.1. The maximum Gasteiger partial charge on any atom is 0.404 e. The van der Waals surface area contributed by atoms with Gasteiger partial charge in [-0.05, 0) is 37.8 Å². The molecule has 0 saturated heterocycles. The minimum Gasteiger partial charge on any atom is -0.465 e. The third-order valence-corrected chi connectivity index (χ3v) is 4.29. The van der Waals surface area contributed by atoms with Crippen LogP contribution in [0.5, 0.6) is 0 Å². The van der Waals surface area contributed by atoms with Gasteiger partial charge in [0, 0.05) is 22.6 Å². The van der Waals surface area contributed by atoms with Gasteiger partial charge in [-0.15, -0.1) is 0 Å². The molecule has 2 aromatic rings. The third kappa shape index (κ3) is 3.02. The summed E-state index contributed by atoms with van der Waals surface area (Å²) in [7, 11) is 0. The number of para-hydroxylation sites is 1. The number of hydrogen-bond donors (Lipinski definition) is 2. The molecule has 6 nitrogen and oxygen atoms in total. The van der Waals surface area contributed by atoms with Crippen LogP contribution in [0.1, 0.15) is 24.6 Å². The van der Waals surface area contributed by atoms with Crippen LogP contribution < -0.4 is 5.32 Å². The predicted octanol–water partition coefficient (Wildman–Crippen LogP) is 2.33. The number of aromatic nitrogens is 1. The highest BCUT2D eigenvalue weighted by molar-refractivity contribution is 5.87. The van der Waals surface area contributed by atoms with E-state index in [0.29, 0.717) is 13.0 Å². The van der Waals surface area contributed by atoms with Gasteiger partial charge in [-0.3, -0.25) is 4.79 Å². The molecule has 1 aliphatic carbocycles. The Morgan fingerprint density at radius 1 is 1.39 bits per heavy atom. The molecule has 0 aliphatic heterocycles. The van der Waals surface area contributed by atoms with Gasteiger partial charge in [0.25, 0.3) is 0 Å². The van der Waals surface area contributed by atoms with Gasteiger partial charge in [-0.2, -0.15) is 0 Å². The quantitative estimate of drug-likeness (QED) is 0.848. The van der Waals surface area contributed by atoms with E-state index in [-0.39, 0.29) is 18.6 Å². The van der Waals surface area contributed by atoms with E-state index in [1.165, 1.54) is 0 Å². The van der Waals surface area contributed by atoms with Crippen LogP contribution in [-0.2, 0) is 28.9 Å². The molecule has 1 aromatic heterocycles. The van der Waals surface area contributed by atoms with Crippen LogP contribution in [0.4, 0.5) is 4.79 Å². The fourth-order valence-corrected chi connectivity index (χ4v) is 3.42. The Morgan fingerprint density at radius 3 is 2.91 bits per heavy atom. The summed E-state index contributed by atoms with van der Waals surface area (Å²) in [4.78, 5) is 22.8. The molecule has 2 N–H and O–H groups in total. The molecule has 0 saturated carbocycles. The lowest BCUT2D eigenvalue weighted by molar-refractivity contribution is -0.143. The van der Waals surface area contributed by atoms with Crippen LogP contribution in [-0.4, -0.2) is 34.4 Å². The Labute approximate surface area is 134 Å². The highest BCUT2D eigenvalue weighted by atomic mass is 16.5. The van der Waals surface area contributed by atoms with Crippen LogP contribution in [0.2, 0.25) is 0 Å². The number of nitrogens with one attached hydrogen (secondary N) is 1. The second kappa shape index (κ2) is 6.32. The summed E-state index contributed by atoms with van der Waals surface area (Å²) in [6.07, 6.45) is 1.14. The smallest absolute Gasteiger partial charge is 0.404 e. The van der Waals surface area contributed by atoms with Crippen molar-refractivity contribution in [1.29, 1.82) is 0 Å². The molecule has 6 heteroatoms. The van der Waals surface area contributed by atoms with Crippen LogP contribution in [0.3, 0.4) is 0 Å². The Morgan fingerprint density at radius 2 is 2.17 bits per heavy atom. The first-order valence-electron chi connectivity index (χ1n) is 7.84. The Kier molecular flexibility index (Phi) is 4.23. The third-order valence-electron chi connectivity index (χ3n) is 4.29. The molecule has 1 aromatic carbocycles. The van der Waals surface area contributed by atoms with Gasteiger partial charge >= 0.3 is 12.1 Å². The Balaban J connectivity index is 1.99. The Hall–Kier alpha value is -2.50. The lowest BCUT2D eigenvalue weighted by Gasteiger charge is -2.23. The van der Waals surface area contributed by atoms with E-state index in [4.69, 9.17) is 9.84 Å². The fraction of sp³-hybridized carbons (Fsp3) is 0.412. The predicted molar refractivity (Wildman–Crippen MR) is 85.5 cm³/mol. The summed E-state index contributed by atoms with van der Waals surface area (Å²) < 4.78 is 7.09. The second-order valence-corrected chi connectivity index (χ2v) is 5.72. The maximum absolute atomic E-state index is 11.9. The molecule has 0 fully saturated rings. The zero-order chi connectivity index (χ0) is 16.4. The van der Waals surface area contributed by atoms with Crippen molar-refractivity contribution in [1.82, 2.24) is 9.88 Å².